The fourth-order valence-electron chi connectivity index (χ4n) is 2.18. The first kappa shape index (κ1) is 16.8. The summed E-state index contributed by atoms with van der Waals surface area (Å²) in [6.45, 7) is 0. The summed E-state index contributed by atoms with van der Waals surface area (Å²) in [5.41, 5.74) is 1.07. The molecule has 1 aliphatic rings. The van der Waals surface area contributed by atoms with Gasteiger partial charge in [-0.3, -0.25) is 10.1 Å². The molecular formula is C17H11BrN2O5. The van der Waals surface area contributed by atoms with Crippen molar-refractivity contribution in [2.24, 2.45) is 4.99 Å². The minimum atomic E-state index is -0.614. The molecule has 25 heavy (non-hydrogen) atoms. The summed E-state index contributed by atoms with van der Waals surface area (Å²) in [4.78, 5) is 26.7. The zero-order chi connectivity index (χ0) is 18.0. The minimum absolute atomic E-state index is 0.0717. The highest BCUT2D eigenvalue weighted by atomic mass is 79.9. The molecule has 126 valence electrons. The first-order valence-electron chi connectivity index (χ1n) is 7.09. The zero-order valence-electron chi connectivity index (χ0n) is 12.9. The number of nitrogens with zero attached hydrogens (tertiary/aromatic N) is 2. The van der Waals surface area contributed by atoms with Crippen molar-refractivity contribution in [3.63, 3.8) is 0 Å². The third-order valence-corrected chi connectivity index (χ3v) is 4.10. The summed E-state index contributed by atoms with van der Waals surface area (Å²) in [6, 6.07) is 11.4. The van der Waals surface area contributed by atoms with Crippen molar-refractivity contribution in [3.05, 3.63) is 73.9 Å². The van der Waals surface area contributed by atoms with Gasteiger partial charge >= 0.3 is 5.97 Å². The van der Waals surface area contributed by atoms with Crippen LogP contribution in [0.5, 0.6) is 5.75 Å². The van der Waals surface area contributed by atoms with Crippen molar-refractivity contribution in [1.82, 2.24) is 0 Å². The van der Waals surface area contributed by atoms with Gasteiger partial charge in [-0.2, -0.15) is 0 Å². The lowest BCUT2D eigenvalue weighted by Gasteiger charge is -2.01. The highest BCUT2D eigenvalue weighted by molar-refractivity contribution is 9.10. The number of ether oxygens (including phenoxy) is 2. The number of carbonyl (C=O) groups is 1. The molecule has 2 aromatic rings. The van der Waals surface area contributed by atoms with E-state index in [-0.39, 0.29) is 17.3 Å². The van der Waals surface area contributed by atoms with E-state index in [1.54, 1.807) is 43.5 Å². The molecule has 0 N–H and O–H groups in total. The van der Waals surface area contributed by atoms with Gasteiger partial charge in [-0.05, 0) is 57.9 Å². The summed E-state index contributed by atoms with van der Waals surface area (Å²) >= 11 is 3.12. The van der Waals surface area contributed by atoms with Crippen LogP contribution in [0.1, 0.15) is 11.1 Å². The van der Waals surface area contributed by atoms with E-state index in [0.717, 1.165) is 0 Å². The highest BCUT2D eigenvalue weighted by Crippen LogP contribution is 2.27. The van der Waals surface area contributed by atoms with Gasteiger partial charge in [0.1, 0.15) is 5.75 Å². The summed E-state index contributed by atoms with van der Waals surface area (Å²) in [5.74, 6) is 0.230. The predicted molar refractivity (Wildman–Crippen MR) is 94.4 cm³/mol. The number of hydrogen-bond acceptors (Lipinski definition) is 6. The smallest absolute Gasteiger partial charge is 0.363 e. The zero-order valence-corrected chi connectivity index (χ0v) is 14.5. The van der Waals surface area contributed by atoms with Gasteiger partial charge < -0.3 is 9.47 Å². The molecule has 0 amide bonds. The number of cyclic esters (lactones) is 1. The lowest BCUT2D eigenvalue weighted by molar-refractivity contribution is -0.385. The van der Waals surface area contributed by atoms with E-state index in [0.29, 0.717) is 21.3 Å². The monoisotopic (exact) mass is 402 g/mol. The second-order valence-corrected chi connectivity index (χ2v) is 5.89. The molecule has 0 aromatic heterocycles. The lowest BCUT2D eigenvalue weighted by atomic mass is 10.1. The molecule has 3 rings (SSSR count). The predicted octanol–water partition coefficient (Wildman–Crippen LogP) is 3.71. The molecule has 7 nitrogen and oxygen atoms in total. The van der Waals surface area contributed by atoms with Gasteiger partial charge in [-0.1, -0.05) is 6.07 Å². The van der Waals surface area contributed by atoms with Crippen LogP contribution < -0.4 is 4.74 Å². The summed E-state index contributed by atoms with van der Waals surface area (Å²) in [5, 5.41) is 11.0. The number of rotatable bonds is 4. The van der Waals surface area contributed by atoms with Gasteiger partial charge in [0.15, 0.2) is 5.70 Å². The van der Waals surface area contributed by atoms with Gasteiger partial charge in [0.05, 0.1) is 16.5 Å². The van der Waals surface area contributed by atoms with Crippen molar-refractivity contribution in [2.75, 3.05) is 7.11 Å². The number of nitro groups is 1. The number of esters is 1. The van der Waals surface area contributed by atoms with Crippen LogP contribution in [0.25, 0.3) is 6.08 Å². The maximum absolute atomic E-state index is 12.0. The Morgan fingerprint density at radius 3 is 2.60 bits per heavy atom. The number of benzene rings is 2. The van der Waals surface area contributed by atoms with Crippen LogP contribution in [0.3, 0.4) is 0 Å². The number of hydrogen-bond donors (Lipinski definition) is 0. The summed E-state index contributed by atoms with van der Waals surface area (Å²) in [7, 11) is 1.56. The molecule has 0 aliphatic carbocycles. The quantitative estimate of drug-likeness (QED) is 0.336. The van der Waals surface area contributed by atoms with Crippen molar-refractivity contribution < 1.29 is 19.2 Å². The average molecular weight is 403 g/mol. The molecule has 0 fully saturated rings. The number of carbonyl (C=O) groups excluding carboxylic acids is 1. The Hall–Kier alpha value is -3.00. The molecule has 1 heterocycles. The molecule has 0 atom stereocenters. The Morgan fingerprint density at radius 2 is 1.96 bits per heavy atom. The van der Waals surface area contributed by atoms with E-state index in [1.165, 1.54) is 12.1 Å². The SMILES string of the molecule is COc1ccc(C2=N/C(=C\c3ccc(Br)c([N+](=O)[O-])c3)C(=O)O2)cc1. The van der Waals surface area contributed by atoms with Gasteiger partial charge in [-0.25, -0.2) is 9.79 Å². The Morgan fingerprint density at radius 1 is 1.24 bits per heavy atom. The van der Waals surface area contributed by atoms with E-state index in [2.05, 4.69) is 20.9 Å². The molecular weight excluding hydrogens is 392 g/mol. The number of nitro benzene ring substituents is 1. The number of halogens is 1. The van der Waals surface area contributed by atoms with Crippen molar-refractivity contribution in [3.8, 4) is 5.75 Å². The first-order chi connectivity index (χ1) is 12.0. The largest absolute Gasteiger partial charge is 0.497 e. The van der Waals surface area contributed by atoms with Gasteiger partial charge in [0.25, 0.3) is 5.69 Å². The average Bonchev–Trinajstić information content (AvgIpc) is 2.97. The fourth-order valence-corrected chi connectivity index (χ4v) is 2.57. The third kappa shape index (κ3) is 3.58. The molecule has 2 aromatic carbocycles. The van der Waals surface area contributed by atoms with Crippen LogP contribution >= 0.6 is 15.9 Å². The van der Waals surface area contributed by atoms with E-state index in [9.17, 15) is 14.9 Å². The number of methoxy groups -OCH3 is 1. The standard InChI is InChI=1S/C17H11BrN2O5/c1-24-12-5-3-11(4-6-12)16-19-14(17(21)25-16)8-10-2-7-13(18)15(9-10)20(22)23/h2-9H,1H3/b14-8-. The maximum atomic E-state index is 12.0. The molecule has 0 saturated heterocycles. The van der Waals surface area contributed by atoms with Crippen molar-refractivity contribution >= 4 is 39.6 Å². The summed E-state index contributed by atoms with van der Waals surface area (Å²) in [6.07, 6.45) is 1.44. The molecule has 0 unspecified atom stereocenters. The Labute approximate surface area is 150 Å². The summed E-state index contributed by atoms with van der Waals surface area (Å²) < 4.78 is 10.6. The normalized spacial score (nSPS) is 15.0. The second-order valence-electron chi connectivity index (χ2n) is 5.03. The maximum Gasteiger partial charge on any atom is 0.363 e. The lowest BCUT2D eigenvalue weighted by Crippen LogP contribution is -2.05. The van der Waals surface area contributed by atoms with Gasteiger partial charge in [0.2, 0.25) is 5.90 Å². The van der Waals surface area contributed by atoms with Crippen LogP contribution in [0.4, 0.5) is 5.69 Å². The first-order valence-corrected chi connectivity index (χ1v) is 7.88. The molecule has 0 radical (unpaired) electrons. The van der Waals surface area contributed by atoms with Crippen LogP contribution in [0.2, 0.25) is 0 Å². The van der Waals surface area contributed by atoms with E-state index in [1.807, 2.05) is 0 Å². The number of aliphatic imine (C=N–C) groups is 1. The van der Waals surface area contributed by atoms with Crippen LogP contribution in [0, 0.1) is 10.1 Å². The Kier molecular flexibility index (Phi) is 4.62. The van der Waals surface area contributed by atoms with Crippen molar-refractivity contribution in [2.45, 2.75) is 0 Å². The minimum Gasteiger partial charge on any atom is -0.497 e. The molecule has 0 spiro atoms. The molecule has 0 bridgehead atoms. The molecule has 8 heteroatoms. The van der Waals surface area contributed by atoms with Crippen molar-refractivity contribution in [1.29, 1.82) is 0 Å². The second kappa shape index (κ2) is 6.86. The Balaban J connectivity index is 1.93. The van der Waals surface area contributed by atoms with Crippen LogP contribution in [0.15, 0.2) is 57.6 Å². The van der Waals surface area contributed by atoms with E-state index < -0.39 is 10.9 Å². The Bertz CT molecular complexity index is 919. The van der Waals surface area contributed by atoms with Gasteiger partial charge in [-0.15, -0.1) is 0 Å². The van der Waals surface area contributed by atoms with E-state index in [4.69, 9.17) is 9.47 Å². The van der Waals surface area contributed by atoms with Crippen LogP contribution in [-0.2, 0) is 9.53 Å². The van der Waals surface area contributed by atoms with Gasteiger partial charge in [0, 0.05) is 11.6 Å². The molecule has 1 aliphatic heterocycles. The molecule has 0 saturated carbocycles. The van der Waals surface area contributed by atoms with Crippen LogP contribution in [-0.4, -0.2) is 23.9 Å². The fraction of sp³-hybridized carbons (Fsp3) is 0.0588. The topological polar surface area (TPSA) is 91.0 Å². The highest BCUT2D eigenvalue weighted by Gasteiger charge is 2.24. The van der Waals surface area contributed by atoms with E-state index >= 15 is 0 Å². The third-order valence-electron chi connectivity index (χ3n) is 3.43.